The Morgan fingerprint density at radius 2 is 1.60 bits per heavy atom. The van der Waals surface area contributed by atoms with Crippen LogP contribution >= 0.6 is 0 Å². The van der Waals surface area contributed by atoms with Crippen molar-refractivity contribution in [2.45, 2.75) is 45.7 Å². The number of hydrogen-bond donors (Lipinski definition) is 1. The SMILES string of the molecule is CC1(C)Cn2c(nc(-c3ccncc3)cc2=O)NC1CC1Cc2ccc(-c3ccncc3)nc2C1. The standard InChI is InChI=1S/C28H28N6O/c1-28(2)17-34-26(35)16-24(20-7-11-30-12-8-20)32-27(34)33-25(28)15-18-13-21-3-4-22(31-23(21)14-18)19-5-9-29-10-6-19/h3-12,16,18,25H,13-15,17H2,1-2H3,(H,32,33). The second-order valence-electron chi connectivity index (χ2n) is 10.4. The topological polar surface area (TPSA) is 85.6 Å². The molecule has 0 amide bonds. The number of hydrogen-bond acceptors (Lipinski definition) is 6. The van der Waals surface area contributed by atoms with E-state index in [9.17, 15) is 4.79 Å². The van der Waals surface area contributed by atoms with Gasteiger partial charge in [0.15, 0.2) is 0 Å². The number of rotatable bonds is 4. The minimum Gasteiger partial charge on any atom is -0.352 e. The Kier molecular flexibility index (Phi) is 5.20. The molecule has 2 atom stereocenters. The number of nitrogens with one attached hydrogen (secondary N) is 1. The Labute approximate surface area is 204 Å². The highest BCUT2D eigenvalue weighted by molar-refractivity contribution is 5.60. The molecule has 2 unspecified atom stereocenters. The van der Waals surface area contributed by atoms with E-state index in [1.165, 1.54) is 11.3 Å². The molecule has 0 fully saturated rings. The number of nitrogens with zero attached hydrogens (tertiary/aromatic N) is 5. The van der Waals surface area contributed by atoms with Crippen LogP contribution in [0, 0.1) is 11.3 Å². The molecule has 1 aliphatic carbocycles. The monoisotopic (exact) mass is 464 g/mol. The fraction of sp³-hybridized carbons (Fsp3) is 0.321. The summed E-state index contributed by atoms with van der Waals surface area (Å²) in [5.41, 5.74) is 6.11. The molecule has 1 N–H and O–H groups in total. The van der Waals surface area contributed by atoms with E-state index in [-0.39, 0.29) is 17.0 Å². The van der Waals surface area contributed by atoms with Crippen LogP contribution < -0.4 is 10.9 Å². The minimum absolute atomic E-state index is 0.0260. The third-order valence-corrected chi connectivity index (χ3v) is 7.40. The lowest BCUT2D eigenvalue weighted by Gasteiger charge is -2.42. The Hall–Kier alpha value is -3.87. The van der Waals surface area contributed by atoms with Crippen molar-refractivity contribution in [1.29, 1.82) is 0 Å². The molecule has 7 nitrogen and oxygen atoms in total. The van der Waals surface area contributed by atoms with Crippen LogP contribution in [0.25, 0.3) is 22.5 Å². The molecule has 5 heterocycles. The molecule has 176 valence electrons. The van der Waals surface area contributed by atoms with Gasteiger partial charge in [-0.15, -0.1) is 0 Å². The first-order valence-electron chi connectivity index (χ1n) is 12.1. The van der Waals surface area contributed by atoms with Gasteiger partial charge in [0.25, 0.3) is 5.56 Å². The molecule has 7 heteroatoms. The second kappa shape index (κ2) is 8.41. The van der Waals surface area contributed by atoms with Crippen molar-refractivity contribution in [3.8, 4) is 22.5 Å². The number of fused-ring (bicyclic) bond motifs is 2. The summed E-state index contributed by atoms with van der Waals surface area (Å²) in [6, 6.07) is 13.9. The van der Waals surface area contributed by atoms with Crippen molar-refractivity contribution in [1.82, 2.24) is 24.5 Å². The van der Waals surface area contributed by atoms with Crippen LogP contribution in [0.4, 0.5) is 5.95 Å². The minimum atomic E-state index is -0.0822. The predicted molar refractivity (Wildman–Crippen MR) is 136 cm³/mol. The number of anilines is 1. The van der Waals surface area contributed by atoms with Crippen molar-refractivity contribution in [2.75, 3.05) is 5.32 Å². The van der Waals surface area contributed by atoms with Gasteiger partial charge in [-0.3, -0.25) is 24.3 Å². The van der Waals surface area contributed by atoms with Gasteiger partial charge in [0.05, 0.1) is 11.4 Å². The highest BCUT2D eigenvalue weighted by Crippen LogP contribution is 2.38. The summed E-state index contributed by atoms with van der Waals surface area (Å²) in [6.07, 6.45) is 10.1. The first-order chi connectivity index (χ1) is 17.0. The Balaban J connectivity index is 1.23. The van der Waals surface area contributed by atoms with Crippen LogP contribution in [-0.4, -0.2) is 30.5 Å². The zero-order valence-electron chi connectivity index (χ0n) is 20.0. The molecule has 0 bridgehead atoms. The highest BCUT2D eigenvalue weighted by atomic mass is 16.1. The van der Waals surface area contributed by atoms with Crippen molar-refractivity contribution < 1.29 is 0 Å². The maximum atomic E-state index is 12.9. The normalized spacial score (nSPS) is 20.1. The van der Waals surface area contributed by atoms with Gasteiger partial charge in [-0.25, -0.2) is 4.98 Å². The Morgan fingerprint density at radius 1 is 0.914 bits per heavy atom. The van der Waals surface area contributed by atoms with Gasteiger partial charge in [0.1, 0.15) is 0 Å². The van der Waals surface area contributed by atoms with E-state index in [1.54, 1.807) is 35.4 Å². The third-order valence-electron chi connectivity index (χ3n) is 7.40. The molecular weight excluding hydrogens is 436 g/mol. The summed E-state index contributed by atoms with van der Waals surface area (Å²) in [4.78, 5) is 30.9. The quantitative estimate of drug-likeness (QED) is 0.482. The van der Waals surface area contributed by atoms with Crippen LogP contribution in [0.5, 0.6) is 0 Å². The van der Waals surface area contributed by atoms with Gasteiger partial charge >= 0.3 is 0 Å². The zero-order valence-corrected chi connectivity index (χ0v) is 20.0. The molecule has 4 aromatic rings. The van der Waals surface area contributed by atoms with Crippen LogP contribution in [0.3, 0.4) is 0 Å². The second-order valence-corrected chi connectivity index (χ2v) is 10.4. The van der Waals surface area contributed by atoms with Crippen molar-refractivity contribution in [3.05, 3.63) is 88.9 Å². The Bertz CT molecular complexity index is 1430. The molecule has 6 rings (SSSR count). The summed E-state index contributed by atoms with van der Waals surface area (Å²) in [5, 5.41) is 3.64. The van der Waals surface area contributed by atoms with Crippen LogP contribution in [0.2, 0.25) is 0 Å². The van der Waals surface area contributed by atoms with E-state index in [0.717, 1.165) is 36.1 Å². The van der Waals surface area contributed by atoms with Crippen LogP contribution in [0.15, 0.2) is 72.0 Å². The molecule has 35 heavy (non-hydrogen) atoms. The first kappa shape index (κ1) is 21.6. The molecule has 0 radical (unpaired) electrons. The van der Waals surface area contributed by atoms with E-state index in [1.807, 2.05) is 24.3 Å². The fourth-order valence-corrected chi connectivity index (χ4v) is 5.42. The average Bonchev–Trinajstić information content (AvgIpc) is 3.27. The zero-order chi connectivity index (χ0) is 24.0. The highest BCUT2D eigenvalue weighted by Gasteiger charge is 2.38. The summed E-state index contributed by atoms with van der Waals surface area (Å²) < 4.78 is 1.77. The van der Waals surface area contributed by atoms with E-state index in [2.05, 4.69) is 41.3 Å². The van der Waals surface area contributed by atoms with Gasteiger partial charge < -0.3 is 5.32 Å². The summed E-state index contributed by atoms with van der Waals surface area (Å²) >= 11 is 0. The summed E-state index contributed by atoms with van der Waals surface area (Å²) in [6.45, 7) is 5.12. The van der Waals surface area contributed by atoms with Crippen LogP contribution in [0.1, 0.15) is 31.5 Å². The maximum absolute atomic E-state index is 12.9. The average molecular weight is 465 g/mol. The van der Waals surface area contributed by atoms with Crippen LogP contribution in [-0.2, 0) is 19.4 Å². The lowest BCUT2D eigenvalue weighted by molar-refractivity contribution is 0.206. The fourth-order valence-electron chi connectivity index (χ4n) is 5.42. The van der Waals surface area contributed by atoms with Crippen molar-refractivity contribution in [3.63, 3.8) is 0 Å². The molecule has 4 aromatic heterocycles. The number of pyridine rings is 3. The summed E-state index contributed by atoms with van der Waals surface area (Å²) in [7, 11) is 0. The Morgan fingerprint density at radius 3 is 2.31 bits per heavy atom. The molecular formula is C28H28N6O. The molecule has 0 saturated carbocycles. The predicted octanol–water partition coefficient (Wildman–Crippen LogP) is 4.39. The van der Waals surface area contributed by atoms with Gasteiger partial charge in [0.2, 0.25) is 5.95 Å². The lowest BCUT2D eigenvalue weighted by atomic mass is 9.78. The summed E-state index contributed by atoms with van der Waals surface area (Å²) in [5.74, 6) is 1.16. The number of aromatic nitrogens is 5. The third kappa shape index (κ3) is 4.11. The van der Waals surface area contributed by atoms with Crippen molar-refractivity contribution >= 4 is 5.95 Å². The van der Waals surface area contributed by atoms with Gasteiger partial charge in [0, 0.05) is 65.7 Å². The lowest BCUT2D eigenvalue weighted by Crippen LogP contribution is -2.48. The molecule has 2 aliphatic rings. The first-order valence-corrected chi connectivity index (χ1v) is 12.1. The van der Waals surface area contributed by atoms with E-state index >= 15 is 0 Å². The van der Waals surface area contributed by atoms with E-state index in [4.69, 9.17) is 9.97 Å². The largest absolute Gasteiger partial charge is 0.352 e. The molecule has 1 aliphatic heterocycles. The van der Waals surface area contributed by atoms with Crippen molar-refractivity contribution in [2.24, 2.45) is 11.3 Å². The van der Waals surface area contributed by atoms with Gasteiger partial charge in [-0.1, -0.05) is 19.9 Å². The van der Waals surface area contributed by atoms with E-state index < -0.39 is 0 Å². The van der Waals surface area contributed by atoms with E-state index in [0.29, 0.717) is 24.1 Å². The molecule has 0 aromatic carbocycles. The maximum Gasteiger partial charge on any atom is 0.255 e. The smallest absolute Gasteiger partial charge is 0.255 e. The van der Waals surface area contributed by atoms with Gasteiger partial charge in [-0.2, -0.15) is 0 Å². The van der Waals surface area contributed by atoms with Gasteiger partial charge in [-0.05, 0) is 61.1 Å². The molecule has 0 spiro atoms. The molecule has 0 saturated heterocycles.